The third-order valence-electron chi connectivity index (χ3n) is 8.56. The summed E-state index contributed by atoms with van der Waals surface area (Å²) in [7, 11) is 0. The molecule has 0 radical (unpaired) electrons. The van der Waals surface area contributed by atoms with Crippen molar-refractivity contribution in [2.75, 3.05) is 18.5 Å². The minimum absolute atomic E-state index is 0.130. The Kier molecular flexibility index (Phi) is 8.07. The highest BCUT2D eigenvalue weighted by atomic mass is 16.5. The topological polar surface area (TPSA) is 97.0 Å². The zero-order chi connectivity index (χ0) is 26.7. The average Bonchev–Trinajstić information content (AvgIpc) is 3.56. The molecular weight excluding hydrogens is 482 g/mol. The molecule has 206 valence electrons. The molecule has 3 amide bonds. The number of likely N-dealkylation sites (tertiary alicyclic amines) is 1. The van der Waals surface area contributed by atoms with Crippen LogP contribution in [0, 0.1) is 11.8 Å². The normalized spacial score (nSPS) is 29.9. The van der Waals surface area contributed by atoms with E-state index in [-0.39, 0.29) is 23.8 Å². The molecule has 1 saturated carbocycles. The second kappa shape index (κ2) is 11.5. The van der Waals surface area contributed by atoms with E-state index in [2.05, 4.69) is 17.6 Å². The molecule has 3 aliphatic heterocycles. The number of nitrogens with one attached hydrogen (secondary N) is 2. The second-order valence-corrected chi connectivity index (χ2v) is 11.1. The third kappa shape index (κ3) is 4.95. The number of fused-ring (bicyclic) bond motifs is 1. The van der Waals surface area contributed by atoms with Crippen LogP contribution in [0.5, 0.6) is 5.75 Å². The predicted molar refractivity (Wildman–Crippen MR) is 145 cm³/mol. The van der Waals surface area contributed by atoms with Gasteiger partial charge in [0, 0.05) is 18.3 Å². The van der Waals surface area contributed by atoms with E-state index < -0.39 is 29.6 Å². The number of carbonyl (C=O) groups excluding carboxylic acids is 3. The Bertz CT molecular complexity index is 1050. The lowest BCUT2D eigenvalue weighted by Gasteiger charge is -2.34. The maximum Gasteiger partial charge on any atom is 0.246 e. The van der Waals surface area contributed by atoms with E-state index in [0.717, 1.165) is 57.1 Å². The highest BCUT2D eigenvalue weighted by molar-refractivity contribution is 6.02. The summed E-state index contributed by atoms with van der Waals surface area (Å²) in [6.07, 6.45) is 12.6. The Morgan fingerprint density at radius 1 is 1.05 bits per heavy atom. The summed E-state index contributed by atoms with van der Waals surface area (Å²) in [4.78, 5) is 43.0. The first-order chi connectivity index (χ1) is 18.5. The standard InChI is InChI=1S/C30H41N3O5/c1-3-5-6-10-19-33-26(28(35)32-20-11-8-7-9-12-20)30-18-17-23(38-30)24(25(30)29(33)36)27(34)31-21-13-15-22(16-14-21)37-4-2/h13-18,20,23-26H,3-12,19H2,1-2H3,(H,31,34)(H,32,35)/t23-,24+,25-,26+,30+/m1/s1. The van der Waals surface area contributed by atoms with Crippen LogP contribution in [-0.4, -0.2) is 59.6 Å². The van der Waals surface area contributed by atoms with Crippen molar-refractivity contribution < 1.29 is 23.9 Å². The first-order valence-corrected chi connectivity index (χ1v) is 14.5. The molecule has 2 N–H and O–H groups in total. The lowest BCUT2D eigenvalue weighted by molar-refractivity contribution is -0.141. The number of hydrogen-bond acceptors (Lipinski definition) is 5. The lowest BCUT2D eigenvalue weighted by atomic mass is 9.74. The maximum absolute atomic E-state index is 14.0. The highest BCUT2D eigenvalue weighted by Gasteiger charge is 2.72. The molecule has 8 nitrogen and oxygen atoms in total. The smallest absolute Gasteiger partial charge is 0.246 e. The van der Waals surface area contributed by atoms with E-state index in [0.29, 0.717) is 18.8 Å². The third-order valence-corrected chi connectivity index (χ3v) is 8.56. The summed E-state index contributed by atoms with van der Waals surface area (Å²) in [5, 5.41) is 6.22. The number of rotatable bonds is 11. The monoisotopic (exact) mass is 523 g/mol. The quantitative estimate of drug-likeness (QED) is 0.335. The number of carbonyl (C=O) groups is 3. The summed E-state index contributed by atoms with van der Waals surface area (Å²) < 4.78 is 11.9. The molecule has 0 unspecified atom stereocenters. The van der Waals surface area contributed by atoms with Crippen LogP contribution >= 0.6 is 0 Å². The van der Waals surface area contributed by atoms with Gasteiger partial charge in [-0.1, -0.05) is 57.6 Å². The SMILES string of the molecule is CCCCCCN1C(=O)[C@H]2[C@@H](C(=O)Nc3ccc(OCC)cc3)[C@H]3C=C[C@@]2(O3)[C@@H]1C(=O)NC1CCCCC1. The summed E-state index contributed by atoms with van der Waals surface area (Å²) in [6.45, 7) is 5.13. The highest BCUT2D eigenvalue weighted by Crippen LogP contribution is 2.55. The predicted octanol–water partition coefficient (Wildman–Crippen LogP) is 4.20. The lowest BCUT2D eigenvalue weighted by Crippen LogP contribution is -2.56. The number of benzene rings is 1. The minimum Gasteiger partial charge on any atom is -0.494 e. The van der Waals surface area contributed by atoms with Gasteiger partial charge in [0.15, 0.2) is 0 Å². The number of hydrogen-bond donors (Lipinski definition) is 2. The molecule has 2 bridgehead atoms. The van der Waals surface area contributed by atoms with Crippen LogP contribution in [0.1, 0.15) is 71.6 Å². The Hall–Kier alpha value is -2.87. The number of anilines is 1. The van der Waals surface area contributed by atoms with Crippen LogP contribution in [0.3, 0.4) is 0 Å². The van der Waals surface area contributed by atoms with Crippen LogP contribution in [-0.2, 0) is 19.1 Å². The number of unbranched alkanes of at least 4 members (excludes halogenated alkanes) is 3. The molecule has 5 rings (SSSR count). The maximum atomic E-state index is 14.0. The fourth-order valence-corrected chi connectivity index (χ4v) is 6.77. The van der Waals surface area contributed by atoms with Crippen molar-refractivity contribution >= 4 is 23.4 Å². The van der Waals surface area contributed by atoms with Crippen molar-refractivity contribution in [3.8, 4) is 5.75 Å². The Balaban J connectivity index is 1.37. The van der Waals surface area contributed by atoms with Crippen LogP contribution in [0.2, 0.25) is 0 Å². The number of nitrogens with zero attached hydrogens (tertiary/aromatic N) is 1. The molecule has 3 heterocycles. The van der Waals surface area contributed by atoms with Gasteiger partial charge in [0.25, 0.3) is 0 Å². The molecule has 4 aliphatic rings. The van der Waals surface area contributed by atoms with Crippen molar-refractivity contribution in [2.24, 2.45) is 11.8 Å². The fourth-order valence-electron chi connectivity index (χ4n) is 6.77. The van der Waals surface area contributed by atoms with E-state index in [1.54, 1.807) is 17.0 Å². The fraction of sp³-hybridized carbons (Fsp3) is 0.633. The average molecular weight is 524 g/mol. The molecule has 5 atom stereocenters. The Morgan fingerprint density at radius 3 is 2.53 bits per heavy atom. The summed E-state index contributed by atoms with van der Waals surface area (Å²) in [5.41, 5.74) is -0.473. The van der Waals surface area contributed by atoms with Crippen LogP contribution in [0.25, 0.3) is 0 Å². The summed E-state index contributed by atoms with van der Waals surface area (Å²) >= 11 is 0. The van der Waals surface area contributed by atoms with E-state index in [4.69, 9.17) is 9.47 Å². The summed E-state index contributed by atoms with van der Waals surface area (Å²) in [5.74, 6) is -1.24. The molecule has 2 saturated heterocycles. The van der Waals surface area contributed by atoms with E-state index in [9.17, 15) is 14.4 Å². The Morgan fingerprint density at radius 2 is 1.82 bits per heavy atom. The molecule has 1 aromatic carbocycles. The van der Waals surface area contributed by atoms with Crippen molar-refractivity contribution in [3.63, 3.8) is 0 Å². The van der Waals surface area contributed by atoms with Crippen LogP contribution in [0.4, 0.5) is 5.69 Å². The van der Waals surface area contributed by atoms with Crippen molar-refractivity contribution in [1.82, 2.24) is 10.2 Å². The van der Waals surface area contributed by atoms with Gasteiger partial charge in [0.05, 0.1) is 24.5 Å². The van der Waals surface area contributed by atoms with E-state index in [1.165, 1.54) is 6.42 Å². The van der Waals surface area contributed by atoms with Crippen LogP contribution in [0.15, 0.2) is 36.4 Å². The molecule has 3 fully saturated rings. The molecule has 0 aromatic heterocycles. The van der Waals surface area contributed by atoms with Gasteiger partial charge in [-0.2, -0.15) is 0 Å². The molecule has 1 aromatic rings. The van der Waals surface area contributed by atoms with Gasteiger partial charge < -0.3 is 25.0 Å². The van der Waals surface area contributed by atoms with Gasteiger partial charge >= 0.3 is 0 Å². The Labute approximate surface area is 225 Å². The minimum atomic E-state index is -1.11. The molecule has 1 spiro atoms. The van der Waals surface area contributed by atoms with Crippen molar-refractivity contribution in [3.05, 3.63) is 36.4 Å². The van der Waals surface area contributed by atoms with E-state index in [1.807, 2.05) is 31.2 Å². The van der Waals surface area contributed by atoms with Crippen LogP contribution < -0.4 is 15.4 Å². The largest absolute Gasteiger partial charge is 0.494 e. The van der Waals surface area contributed by atoms with Crippen molar-refractivity contribution in [1.29, 1.82) is 0 Å². The van der Waals surface area contributed by atoms with Gasteiger partial charge in [-0.3, -0.25) is 14.4 Å². The molecular formula is C30H41N3O5. The summed E-state index contributed by atoms with van der Waals surface area (Å²) in [6, 6.07) is 6.57. The first kappa shape index (κ1) is 26.7. The van der Waals surface area contributed by atoms with Gasteiger partial charge in [0.2, 0.25) is 17.7 Å². The zero-order valence-electron chi connectivity index (χ0n) is 22.6. The molecule has 1 aliphatic carbocycles. The number of ether oxygens (including phenoxy) is 2. The first-order valence-electron chi connectivity index (χ1n) is 14.5. The van der Waals surface area contributed by atoms with Gasteiger partial charge in [-0.25, -0.2) is 0 Å². The van der Waals surface area contributed by atoms with Gasteiger partial charge in [-0.15, -0.1) is 0 Å². The molecule has 38 heavy (non-hydrogen) atoms. The second-order valence-electron chi connectivity index (χ2n) is 11.1. The molecule has 8 heteroatoms. The van der Waals surface area contributed by atoms with Gasteiger partial charge in [0.1, 0.15) is 17.4 Å². The van der Waals surface area contributed by atoms with Gasteiger partial charge in [-0.05, 0) is 50.5 Å². The van der Waals surface area contributed by atoms with E-state index >= 15 is 0 Å². The number of amides is 3. The zero-order valence-corrected chi connectivity index (χ0v) is 22.6. The van der Waals surface area contributed by atoms with Crippen molar-refractivity contribution in [2.45, 2.75) is 95.4 Å².